The number of rotatable bonds is 4. The second kappa shape index (κ2) is 9.53. The van der Waals surface area contributed by atoms with E-state index in [1.165, 1.54) is 18.2 Å². The van der Waals surface area contributed by atoms with Crippen LogP contribution >= 0.6 is 0 Å². The number of hydrogen-bond donors (Lipinski definition) is 1. The molecule has 6 rings (SSSR count). The third-order valence-corrected chi connectivity index (χ3v) is 10.0. The van der Waals surface area contributed by atoms with Gasteiger partial charge >= 0.3 is 12.4 Å². The van der Waals surface area contributed by atoms with Gasteiger partial charge in [0, 0.05) is 17.7 Å². The average molecular weight is 603 g/mol. The van der Waals surface area contributed by atoms with Gasteiger partial charge in [-0.3, -0.25) is 4.68 Å². The van der Waals surface area contributed by atoms with Crippen molar-refractivity contribution in [3.8, 4) is 22.5 Å². The molecule has 2 aromatic carbocycles. The van der Waals surface area contributed by atoms with E-state index in [-0.39, 0.29) is 29.8 Å². The second-order valence-electron chi connectivity index (χ2n) is 11.1. The molecule has 0 amide bonds. The summed E-state index contributed by atoms with van der Waals surface area (Å²) < 4.78 is 122. The maximum atomic E-state index is 13.5. The number of aromatic nitrogens is 2. The van der Waals surface area contributed by atoms with E-state index in [0.717, 1.165) is 27.9 Å². The van der Waals surface area contributed by atoms with Crippen LogP contribution in [0.2, 0.25) is 0 Å². The lowest BCUT2D eigenvalue weighted by molar-refractivity contribution is -0.142. The summed E-state index contributed by atoms with van der Waals surface area (Å²) in [6.45, 7) is -3.17. The number of fused-ring (bicyclic) bond motifs is 1. The lowest BCUT2D eigenvalue weighted by atomic mass is 9.79. The molecule has 0 unspecified atom stereocenters. The van der Waals surface area contributed by atoms with Crippen molar-refractivity contribution in [2.45, 2.75) is 50.1 Å². The number of halogens is 7. The van der Waals surface area contributed by atoms with Gasteiger partial charge in [0.2, 0.25) is 0 Å². The molecule has 14 heteroatoms. The van der Waals surface area contributed by atoms with Crippen LogP contribution < -0.4 is 4.72 Å². The van der Waals surface area contributed by atoms with Gasteiger partial charge in [0.15, 0.2) is 0 Å². The van der Waals surface area contributed by atoms with Crippen LogP contribution in [0.1, 0.15) is 24.0 Å². The van der Waals surface area contributed by atoms with E-state index in [2.05, 4.69) is 9.82 Å². The molecule has 2 heterocycles. The monoisotopic (exact) mass is 602 g/mol. The Balaban J connectivity index is 1.33. The van der Waals surface area contributed by atoms with Crippen LogP contribution in [-0.4, -0.2) is 53.5 Å². The van der Waals surface area contributed by atoms with E-state index < -0.39 is 47.0 Å². The van der Waals surface area contributed by atoms with Gasteiger partial charge in [-0.05, 0) is 85.0 Å². The van der Waals surface area contributed by atoms with Crippen LogP contribution in [0.4, 0.5) is 30.7 Å². The molecule has 3 aliphatic rings. The van der Waals surface area contributed by atoms with Crippen LogP contribution in [0.3, 0.4) is 0 Å². The number of nitrogens with one attached hydrogen (secondary N) is 1. The van der Waals surface area contributed by atoms with Crippen molar-refractivity contribution in [3.63, 3.8) is 0 Å². The SMILES string of the molecule is O=S1(=O)N[C@]2(CN1CC(F)(F)F)[C@@H]1CC[C@H]2Cc2cc(-c3cc(-c4ccc(F)cc4)n(CC(F)(F)F)n3)ccc2C1. The number of benzene rings is 2. The minimum Gasteiger partial charge on any atom is -0.255 e. The molecule has 1 saturated heterocycles. The third-order valence-electron chi connectivity index (χ3n) is 8.46. The molecule has 220 valence electrons. The standard InChI is InChI=1S/C27H25F7N4O2S/c28-22-7-3-16(4-8-22)24-12-23(35-38(24)15-27(32,33)34)18-2-1-17-10-20-5-6-21(11-19(17)9-18)25(20)13-37(14-26(29,30)31)41(39,40)36-25/h1-4,7-9,12,20-21,36H,5-6,10-11,13-15H2/t20-,21+,25-/m1/s1. The Kier molecular flexibility index (Phi) is 6.54. The first-order chi connectivity index (χ1) is 19.1. The molecule has 1 N–H and O–H groups in total. The van der Waals surface area contributed by atoms with Gasteiger partial charge < -0.3 is 0 Å². The van der Waals surface area contributed by atoms with Crippen LogP contribution in [0.25, 0.3) is 22.5 Å². The van der Waals surface area contributed by atoms with E-state index >= 15 is 0 Å². The van der Waals surface area contributed by atoms with E-state index in [9.17, 15) is 39.2 Å². The van der Waals surface area contributed by atoms with E-state index in [1.54, 1.807) is 6.07 Å². The average Bonchev–Trinajstić information content (AvgIpc) is 3.43. The molecule has 1 saturated carbocycles. The number of hydrogen-bond acceptors (Lipinski definition) is 3. The summed E-state index contributed by atoms with van der Waals surface area (Å²) in [5.41, 5.74) is 2.09. The van der Waals surface area contributed by atoms with Crippen molar-refractivity contribution < 1.29 is 39.2 Å². The van der Waals surface area contributed by atoms with Gasteiger partial charge in [-0.15, -0.1) is 0 Å². The fraction of sp³-hybridized carbons (Fsp3) is 0.444. The van der Waals surface area contributed by atoms with E-state index in [1.807, 2.05) is 12.1 Å². The highest BCUT2D eigenvalue weighted by molar-refractivity contribution is 7.87. The fourth-order valence-corrected chi connectivity index (χ4v) is 8.41. The Morgan fingerprint density at radius 1 is 0.854 bits per heavy atom. The van der Waals surface area contributed by atoms with Gasteiger partial charge in [0.25, 0.3) is 10.2 Å². The predicted octanol–water partition coefficient (Wildman–Crippen LogP) is 5.49. The third kappa shape index (κ3) is 5.37. The highest BCUT2D eigenvalue weighted by Crippen LogP contribution is 2.51. The molecule has 41 heavy (non-hydrogen) atoms. The Hall–Kier alpha value is -2.97. The normalized spacial score (nSPS) is 25.9. The molecular formula is C27H25F7N4O2S. The molecule has 3 atom stereocenters. The quantitative estimate of drug-likeness (QED) is 0.402. The van der Waals surface area contributed by atoms with Crippen LogP contribution in [0.5, 0.6) is 0 Å². The van der Waals surface area contributed by atoms with Crippen molar-refractivity contribution in [2.75, 3.05) is 13.1 Å². The first-order valence-electron chi connectivity index (χ1n) is 13.0. The maximum absolute atomic E-state index is 13.5. The van der Waals surface area contributed by atoms with Crippen molar-refractivity contribution >= 4 is 10.2 Å². The maximum Gasteiger partial charge on any atom is 0.408 e. The van der Waals surface area contributed by atoms with Gasteiger partial charge in [-0.1, -0.05) is 12.1 Å². The molecule has 1 aromatic heterocycles. The Morgan fingerprint density at radius 3 is 2.10 bits per heavy atom. The Morgan fingerprint density at radius 2 is 1.46 bits per heavy atom. The molecule has 6 nitrogen and oxygen atoms in total. The van der Waals surface area contributed by atoms with E-state index in [0.29, 0.717) is 41.1 Å². The lowest BCUT2D eigenvalue weighted by Gasteiger charge is -2.33. The molecule has 2 bridgehead atoms. The fourth-order valence-electron chi connectivity index (χ4n) is 6.71. The van der Waals surface area contributed by atoms with Gasteiger partial charge in [-0.25, -0.2) is 4.39 Å². The Bertz CT molecular complexity index is 1580. The number of nitrogens with zero attached hydrogens (tertiary/aromatic N) is 3. The zero-order valence-electron chi connectivity index (χ0n) is 21.4. The van der Waals surface area contributed by atoms with Gasteiger partial charge in [0.1, 0.15) is 18.9 Å². The Labute approximate surface area is 231 Å². The summed E-state index contributed by atoms with van der Waals surface area (Å²) >= 11 is 0. The van der Waals surface area contributed by atoms with Crippen molar-refractivity contribution in [3.05, 3.63) is 65.5 Å². The molecule has 2 aliphatic carbocycles. The zero-order valence-corrected chi connectivity index (χ0v) is 22.3. The molecule has 1 aliphatic heterocycles. The van der Waals surface area contributed by atoms with Crippen molar-refractivity contribution in [2.24, 2.45) is 11.8 Å². The number of alkyl halides is 6. The molecule has 3 aromatic rings. The van der Waals surface area contributed by atoms with E-state index in [4.69, 9.17) is 0 Å². The largest absolute Gasteiger partial charge is 0.408 e. The molecule has 0 radical (unpaired) electrons. The first-order valence-corrected chi connectivity index (χ1v) is 14.4. The minimum atomic E-state index is -4.68. The highest BCUT2D eigenvalue weighted by Gasteiger charge is 2.60. The van der Waals surface area contributed by atoms with Crippen LogP contribution in [0, 0.1) is 17.7 Å². The van der Waals surface area contributed by atoms with Crippen LogP contribution in [-0.2, 0) is 29.6 Å². The summed E-state index contributed by atoms with van der Waals surface area (Å²) in [7, 11) is -4.32. The van der Waals surface area contributed by atoms with Crippen LogP contribution in [0.15, 0.2) is 48.5 Å². The highest BCUT2D eigenvalue weighted by atomic mass is 32.2. The summed E-state index contributed by atoms with van der Waals surface area (Å²) in [4.78, 5) is 0. The lowest BCUT2D eigenvalue weighted by Crippen LogP contribution is -2.52. The topological polar surface area (TPSA) is 67.2 Å². The molecular weight excluding hydrogens is 577 g/mol. The summed E-state index contributed by atoms with van der Waals surface area (Å²) in [6, 6.07) is 11.9. The summed E-state index contributed by atoms with van der Waals surface area (Å²) in [5.74, 6) is -0.988. The smallest absolute Gasteiger partial charge is 0.255 e. The van der Waals surface area contributed by atoms with Gasteiger partial charge in [-0.2, -0.15) is 48.9 Å². The second-order valence-corrected chi connectivity index (χ2v) is 12.8. The summed E-state index contributed by atoms with van der Waals surface area (Å²) in [6.07, 6.45) is -7.07. The summed E-state index contributed by atoms with van der Waals surface area (Å²) in [5, 5.41) is 4.22. The van der Waals surface area contributed by atoms with Crippen molar-refractivity contribution in [1.82, 2.24) is 18.8 Å². The molecule has 2 fully saturated rings. The minimum absolute atomic E-state index is 0.162. The first kappa shape index (κ1) is 28.2. The predicted molar refractivity (Wildman–Crippen MR) is 135 cm³/mol. The van der Waals surface area contributed by atoms with Crippen molar-refractivity contribution in [1.29, 1.82) is 0 Å². The zero-order chi connectivity index (χ0) is 29.4. The van der Waals surface area contributed by atoms with Gasteiger partial charge in [0.05, 0.1) is 16.9 Å². The molecule has 1 spiro atoms.